The molecule has 3 unspecified atom stereocenters. The standard InChI is InChI=1S/C9H16O4/c1-6-4-5-9(11,13-6)7(2)8(10)12-3/h6-7,11H,4-5H2,1-3H3. The summed E-state index contributed by atoms with van der Waals surface area (Å²) in [5, 5.41) is 9.91. The molecule has 0 aromatic heterocycles. The minimum atomic E-state index is -1.33. The van der Waals surface area contributed by atoms with Gasteiger partial charge in [-0.15, -0.1) is 0 Å². The van der Waals surface area contributed by atoms with Gasteiger partial charge in [-0.2, -0.15) is 0 Å². The summed E-state index contributed by atoms with van der Waals surface area (Å²) in [7, 11) is 1.31. The lowest BCUT2D eigenvalue weighted by molar-refractivity contribution is -0.225. The first-order valence-corrected chi connectivity index (χ1v) is 4.47. The molecule has 0 radical (unpaired) electrons. The summed E-state index contributed by atoms with van der Waals surface area (Å²) < 4.78 is 9.83. The molecule has 13 heavy (non-hydrogen) atoms. The topological polar surface area (TPSA) is 55.8 Å². The molecule has 0 aromatic carbocycles. The highest BCUT2D eigenvalue weighted by atomic mass is 16.6. The molecule has 1 fully saturated rings. The van der Waals surface area contributed by atoms with Gasteiger partial charge in [-0.3, -0.25) is 4.79 Å². The molecule has 1 heterocycles. The van der Waals surface area contributed by atoms with Crippen LogP contribution in [0.2, 0.25) is 0 Å². The second-order valence-corrected chi connectivity index (χ2v) is 3.56. The number of carbonyl (C=O) groups is 1. The maximum atomic E-state index is 11.1. The largest absolute Gasteiger partial charge is 0.469 e. The van der Waals surface area contributed by atoms with Gasteiger partial charge in [-0.25, -0.2) is 0 Å². The number of rotatable bonds is 2. The molecule has 4 heteroatoms. The van der Waals surface area contributed by atoms with Gasteiger partial charge in [-0.1, -0.05) is 0 Å². The van der Waals surface area contributed by atoms with E-state index < -0.39 is 17.7 Å². The summed E-state index contributed by atoms with van der Waals surface area (Å²) in [5.74, 6) is -2.38. The van der Waals surface area contributed by atoms with Crippen molar-refractivity contribution in [3.8, 4) is 0 Å². The molecule has 1 N–H and O–H groups in total. The summed E-state index contributed by atoms with van der Waals surface area (Å²) >= 11 is 0. The average Bonchev–Trinajstić information content (AvgIpc) is 2.45. The van der Waals surface area contributed by atoms with Crippen molar-refractivity contribution in [2.45, 2.75) is 38.6 Å². The van der Waals surface area contributed by atoms with Crippen molar-refractivity contribution in [3.63, 3.8) is 0 Å². The van der Waals surface area contributed by atoms with Crippen LogP contribution >= 0.6 is 0 Å². The third-order valence-corrected chi connectivity index (χ3v) is 2.55. The summed E-state index contributed by atoms with van der Waals surface area (Å²) in [4.78, 5) is 11.1. The van der Waals surface area contributed by atoms with Crippen LogP contribution in [0.1, 0.15) is 26.7 Å². The minimum Gasteiger partial charge on any atom is -0.469 e. The van der Waals surface area contributed by atoms with E-state index in [1.54, 1.807) is 6.92 Å². The monoisotopic (exact) mass is 188 g/mol. The van der Waals surface area contributed by atoms with Gasteiger partial charge in [0.25, 0.3) is 0 Å². The molecule has 0 aliphatic carbocycles. The van der Waals surface area contributed by atoms with Gasteiger partial charge in [-0.05, 0) is 20.3 Å². The second kappa shape index (κ2) is 3.64. The van der Waals surface area contributed by atoms with Gasteiger partial charge >= 0.3 is 5.97 Å². The lowest BCUT2D eigenvalue weighted by Gasteiger charge is -2.27. The highest BCUT2D eigenvalue weighted by Crippen LogP contribution is 2.34. The normalized spacial score (nSPS) is 35.8. The van der Waals surface area contributed by atoms with E-state index in [-0.39, 0.29) is 6.10 Å². The molecule has 1 saturated heterocycles. The number of hydrogen-bond acceptors (Lipinski definition) is 4. The number of methoxy groups -OCH3 is 1. The first-order valence-electron chi connectivity index (χ1n) is 4.47. The molecule has 1 rings (SSSR count). The van der Waals surface area contributed by atoms with Crippen molar-refractivity contribution in [1.29, 1.82) is 0 Å². The van der Waals surface area contributed by atoms with Crippen molar-refractivity contribution in [3.05, 3.63) is 0 Å². The zero-order valence-electron chi connectivity index (χ0n) is 8.24. The SMILES string of the molecule is COC(=O)C(C)C1(O)CCC(C)O1. The highest BCUT2D eigenvalue weighted by molar-refractivity contribution is 5.73. The van der Waals surface area contributed by atoms with E-state index in [9.17, 15) is 9.90 Å². The van der Waals surface area contributed by atoms with E-state index in [0.29, 0.717) is 6.42 Å². The molecule has 0 amide bonds. The first-order chi connectivity index (χ1) is 5.99. The third kappa shape index (κ3) is 2.00. The maximum absolute atomic E-state index is 11.1. The Morgan fingerprint density at radius 3 is 2.77 bits per heavy atom. The molecule has 4 nitrogen and oxygen atoms in total. The van der Waals surface area contributed by atoms with Crippen molar-refractivity contribution in [2.75, 3.05) is 7.11 Å². The fourth-order valence-electron chi connectivity index (χ4n) is 1.56. The van der Waals surface area contributed by atoms with E-state index in [0.717, 1.165) is 6.42 Å². The zero-order valence-corrected chi connectivity index (χ0v) is 8.24. The van der Waals surface area contributed by atoms with Crippen molar-refractivity contribution in [2.24, 2.45) is 5.92 Å². The Morgan fingerprint density at radius 2 is 2.38 bits per heavy atom. The maximum Gasteiger partial charge on any atom is 0.313 e. The molecule has 1 aliphatic rings. The van der Waals surface area contributed by atoms with Crippen LogP contribution < -0.4 is 0 Å². The van der Waals surface area contributed by atoms with Gasteiger partial charge in [0.1, 0.15) is 5.92 Å². The van der Waals surface area contributed by atoms with E-state index in [1.807, 2.05) is 6.92 Å². The molecule has 0 spiro atoms. The quantitative estimate of drug-likeness (QED) is 0.647. The number of esters is 1. The zero-order chi connectivity index (χ0) is 10.1. The van der Waals surface area contributed by atoms with Crippen LogP contribution in [0.4, 0.5) is 0 Å². The lowest BCUT2D eigenvalue weighted by atomic mass is 9.98. The fraction of sp³-hybridized carbons (Fsp3) is 0.889. The third-order valence-electron chi connectivity index (χ3n) is 2.55. The van der Waals surface area contributed by atoms with E-state index >= 15 is 0 Å². The number of carbonyl (C=O) groups excluding carboxylic acids is 1. The van der Waals surface area contributed by atoms with Crippen LogP contribution in [-0.2, 0) is 14.3 Å². The predicted octanol–water partition coefficient (Wildman–Crippen LogP) is 0.683. The Bertz CT molecular complexity index is 204. The molecule has 76 valence electrons. The van der Waals surface area contributed by atoms with Crippen LogP contribution in [0.5, 0.6) is 0 Å². The Morgan fingerprint density at radius 1 is 1.77 bits per heavy atom. The van der Waals surface area contributed by atoms with Crippen LogP contribution in [0.25, 0.3) is 0 Å². The van der Waals surface area contributed by atoms with Gasteiger partial charge in [0, 0.05) is 6.42 Å². The second-order valence-electron chi connectivity index (χ2n) is 3.56. The Labute approximate surface area is 77.8 Å². The van der Waals surface area contributed by atoms with Crippen LogP contribution in [0.15, 0.2) is 0 Å². The van der Waals surface area contributed by atoms with Crippen molar-refractivity contribution >= 4 is 5.97 Å². The molecule has 0 saturated carbocycles. The minimum absolute atomic E-state index is 0.0112. The fourth-order valence-corrected chi connectivity index (χ4v) is 1.56. The average molecular weight is 188 g/mol. The van der Waals surface area contributed by atoms with E-state index in [4.69, 9.17) is 4.74 Å². The Balaban J connectivity index is 2.64. The van der Waals surface area contributed by atoms with Gasteiger partial charge in [0.2, 0.25) is 0 Å². The Hall–Kier alpha value is -0.610. The van der Waals surface area contributed by atoms with Crippen molar-refractivity contribution in [1.82, 2.24) is 0 Å². The molecule has 1 aliphatic heterocycles. The van der Waals surface area contributed by atoms with Crippen molar-refractivity contribution < 1.29 is 19.4 Å². The first kappa shape index (κ1) is 10.5. The smallest absolute Gasteiger partial charge is 0.313 e. The molecular formula is C9H16O4. The van der Waals surface area contributed by atoms with Crippen LogP contribution in [0.3, 0.4) is 0 Å². The summed E-state index contributed by atoms with van der Waals surface area (Å²) in [6, 6.07) is 0. The van der Waals surface area contributed by atoms with Gasteiger partial charge in [0.15, 0.2) is 5.79 Å². The van der Waals surface area contributed by atoms with E-state index in [1.165, 1.54) is 7.11 Å². The van der Waals surface area contributed by atoms with Gasteiger partial charge in [0.05, 0.1) is 13.2 Å². The molecule has 0 aromatic rings. The number of ether oxygens (including phenoxy) is 2. The predicted molar refractivity (Wildman–Crippen MR) is 45.9 cm³/mol. The Kier molecular flexibility index (Phi) is 2.93. The van der Waals surface area contributed by atoms with Crippen LogP contribution in [0, 0.1) is 5.92 Å². The molecule has 3 atom stereocenters. The summed E-state index contributed by atoms with van der Waals surface area (Å²) in [5.41, 5.74) is 0. The summed E-state index contributed by atoms with van der Waals surface area (Å²) in [6.45, 7) is 3.49. The highest BCUT2D eigenvalue weighted by Gasteiger charge is 2.45. The lowest BCUT2D eigenvalue weighted by Crippen LogP contribution is -2.41. The number of aliphatic hydroxyl groups is 1. The number of hydrogen-bond donors (Lipinski definition) is 1. The summed E-state index contributed by atoms with van der Waals surface area (Å²) in [6.07, 6.45) is 1.28. The molecular weight excluding hydrogens is 172 g/mol. The molecule has 0 bridgehead atoms. The van der Waals surface area contributed by atoms with E-state index in [2.05, 4.69) is 4.74 Å². The van der Waals surface area contributed by atoms with Crippen LogP contribution in [-0.4, -0.2) is 30.1 Å². The van der Waals surface area contributed by atoms with Gasteiger partial charge < -0.3 is 14.6 Å².